The van der Waals surface area contributed by atoms with Crippen LogP contribution < -0.4 is 24.8 Å². The SMILES string of the molecule is CN=C(NCc1ccc(F)cc1)NCc1cc(OC)c(OC)cc1OC.I. The van der Waals surface area contributed by atoms with Gasteiger partial charge in [0.05, 0.1) is 21.3 Å². The molecule has 0 heterocycles. The van der Waals surface area contributed by atoms with Gasteiger partial charge in [-0.2, -0.15) is 0 Å². The predicted molar refractivity (Wildman–Crippen MR) is 115 cm³/mol. The minimum atomic E-state index is -0.253. The number of nitrogens with one attached hydrogen (secondary N) is 2. The molecule has 2 aromatic rings. The Hall–Kier alpha value is -2.23. The lowest BCUT2D eigenvalue weighted by atomic mass is 10.1. The van der Waals surface area contributed by atoms with Crippen LogP contribution in [0.4, 0.5) is 4.39 Å². The lowest BCUT2D eigenvalue weighted by Gasteiger charge is -2.16. The lowest BCUT2D eigenvalue weighted by molar-refractivity contribution is 0.347. The maximum Gasteiger partial charge on any atom is 0.191 e. The molecule has 0 saturated carbocycles. The van der Waals surface area contributed by atoms with Crippen LogP contribution in [0.15, 0.2) is 41.4 Å². The first kappa shape index (κ1) is 22.8. The molecule has 6 nitrogen and oxygen atoms in total. The number of ether oxygens (including phenoxy) is 3. The second kappa shape index (κ2) is 11.5. The Morgan fingerprint density at radius 2 is 1.44 bits per heavy atom. The molecule has 0 fully saturated rings. The number of rotatable bonds is 7. The largest absolute Gasteiger partial charge is 0.496 e. The van der Waals surface area contributed by atoms with E-state index >= 15 is 0 Å². The average molecular weight is 489 g/mol. The summed E-state index contributed by atoms with van der Waals surface area (Å²) in [5.41, 5.74) is 1.85. The zero-order valence-electron chi connectivity index (χ0n) is 15.8. The molecule has 0 aliphatic rings. The molecule has 0 aromatic heterocycles. The van der Waals surface area contributed by atoms with Crippen LogP contribution >= 0.6 is 24.0 Å². The first-order valence-corrected chi connectivity index (χ1v) is 8.09. The van der Waals surface area contributed by atoms with Crippen molar-refractivity contribution < 1.29 is 18.6 Å². The van der Waals surface area contributed by atoms with Gasteiger partial charge in [0.1, 0.15) is 11.6 Å². The smallest absolute Gasteiger partial charge is 0.191 e. The topological polar surface area (TPSA) is 64.1 Å². The number of hydrogen-bond acceptors (Lipinski definition) is 4. The zero-order chi connectivity index (χ0) is 18.9. The maximum atomic E-state index is 13.0. The summed E-state index contributed by atoms with van der Waals surface area (Å²) >= 11 is 0. The first-order valence-electron chi connectivity index (χ1n) is 8.09. The maximum absolute atomic E-state index is 13.0. The third-order valence-electron chi connectivity index (χ3n) is 3.83. The summed E-state index contributed by atoms with van der Waals surface area (Å²) in [4.78, 5) is 4.19. The van der Waals surface area contributed by atoms with Gasteiger partial charge in [0.15, 0.2) is 17.5 Å². The van der Waals surface area contributed by atoms with E-state index in [-0.39, 0.29) is 29.8 Å². The summed E-state index contributed by atoms with van der Waals surface area (Å²) in [6.07, 6.45) is 0. The molecule has 0 spiro atoms. The molecule has 0 unspecified atom stereocenters. The summed E-state index contributed by atoms with van der Waals surface area (Å²) in [5, 5.41) is 6.40. The molecule has 0 atom stereocenters. The van der Waals surface area contributed by atoms with E-state index in [1.807, 2.05) is 6.07 Å². The summed E-state index contributed by atoms with van der Waals surface area (Å²) in [6, 6.07) is 9.96. The molecule has 27 heavy (non-hydrogen) atoms. The monoisotopic (exact) mass is 489 g/mol. The second-order valence-corrected chi connectivity index (χ2v) is 5.42. The number of halogens is 2. The zero-order valence-corrected chi connectivity index (χ0v) is 18.2. The van der Waals surface area contributed by atoms with E-state index in [9.17, 15) is 4.39 Å². The van der Waals surface area contributed by atoms with E-state index in [4.69, 9.17) is 14.2 Å². The Labute approximate surface area is 176 Å². The number of nitrogens with zero attached hydrogens (tertiary/aromatic N) is 1. The highest BCUT2D eigenvalue weighted by Crippen LogP contribution is 2.34. The van der Waals surface area contributed by atoms with E-state index in [1.54, 1.807) is 46.6 Å². The predicted octanol–water partition coefficient (Wildman–Crippen LogP) is 3.33. The fourth-order valence-corrected chi connectivity index (χ4v) is 2.42. The highest BCUT2D eigenvalue weighted by atomic mass is 127. The number of benzene rings is 2. The van der Waals surface area contributed by atoms with E-state index in [2.05, 4.69) is 15.6 Å². The Balaban J connectivity index is 0.00000364. The van der Waals surface area contributed by atoms with Gasteiger partial charge in [-0.05, 0) is 23.8 Å². The van der Waals surface area contributed by atoms with Gasteiger partial charge in [-0.1, -0.05) is 12.1 Å². The van der Waals surface area contributed by atoms with Crippen molar-refractivity contribution in [3.05, 3.63) is 53.3 Å². The van der Waals surface area contributed by atoms with E-state index in [1.165, 1.54) is 12.1 Å². The molecule has 0 aliphatic carbocycles. The van der Waals surface area contributed by atoms with Gasteiger partial charge in [0.2, 0.25) is 0 Å². The number of aliphatic imine (C=N–C) groups is 1. The van der Waals surface area contributed by atoms with Crippen molar-refractivity contribution in [3.8, 4) is 17.2 Å². The van der Waals surface area contributed by atoms with Crippen LogP contribution in [0.25, 0.3) is 0 Å². The molecule has 0 saturated heterocycles. The van der Waals surface area contributed by atoms with Crippen molar-refractivity contribution in [1.29, 1.82) is 0 Å². The molecule has 0 aliphatic heterocycles. The summed E-state index contributed by atoms with van der Waals surface area (Å²) in [5.74, 6) is 2.28. The Bertz CT molecular complexity index is 755. The van der Waals surface area contributed by atoms with Crippen LogP contribution in [0.1, 0.15) is 11.1 Å². The second-order valence-electron chi connectivity index (χ2n) is 5.42. The van der Waals surface area contributed by atoms with Gasteiger partial charge in [-0.25, -0.2) is 4.39 Å². The van der Waals surface area contributed by atoms with Crippen LogP contribution in [-0.2, 0) is 13.1 Å². The quantitative estimate of drug-likeness (QED) is 0.355. The summed E-state index contributed by atoms with van der Waals surface area (Å²) < 4.78 is 29.0. The van der Waals surface area contributed by atoms with Gasteiger partial charge in [-0.15, -0.1) is 24.0 Å². The van der Waals surface area contributed by atoms with Gasteiger partial charge in [-0.3, -0.25) is 4.99 Å². The lowest BCUT2D eigenvalue weighted by Crippen LogP contribution is -2.36. The van der Waals surface area contributed by atoms with Gasteiger partial charge >= 0.3 is 0 Å². The standard InChI is InChI=1S/C19H24FN3O3.HI/c1-21-19(22-11-13-5-7-15(20)8-6-13)23-12-14-9-17(25-3)18(26-4)10-16(14)24-2;/h5-10H,11-12H2,1-4H3,(H2,21,22,23);1H. The molecule has 2 aromatic carbocycles. The number of methoxy groups -OCH3 is 3. The highest BCUT2D eigenvalue weighted by Gasteiger charge is 2.12. The van der Waals surface area contributed by atoms with Crippen molar-refractivity contribution in [2.75, 3.05) is 28.4 Å². The van der Waals surface area contributed by atoms with Crippen molar-refractivity contribution >= 4 is 29.9 Å². The molecule has 2 rings (SSSR count). The minimum absolute atomic E-state index is 0. The number of guanidine groups is 1. The van der Waals surface area contributed by atoms with Crippen molar-refractivity contribution in [3.63, 3.8) is 0 Å². The number of hydrogen-bond donors (Lipinski definition) is 2. The van der Waals surface area contributed by atoms with Crippen LogP contribution in [0.2, 0.25) is 0 Å². The summed E-state index contributed by atoms with van der Waals surface area (Å²) in [6.45, 7) is 1.01. The van der Waals surface area contributed by atoms with E-state index < -0.39 is 0 Å². The van der Waals surface area contributed by atoms with Crippen molar-refractivity contribution in [2.45, 2.75) is 13.1 Å². The molecule has 8 heteroatoms. The van der Waals surface area contributed by atoms with Gasteiger partial charge in [0.25, 0.3) is 0 Å². The molecular formula is C19H25FIN3O3. The molecular weight excluding hydrogens is 464 g/mol. The third-order valence-corrected chi connectivity index (χ3v) is 3.83. The molecule has 0 bridgehead atoms. The Kier molecular flexibility index (Phi) is 9.70. The third kappa shape index (κ3) is 6.46. The Morgan fingerprint density at radius 3 is 2.00 bits per heavy atom. The molecule has 0 amide bonds. The molecule has 2 N–H and O–H groups in total. The van der Waals surface area contributed by atoms with E-state index in [0.29, 0.717) is 36.3 Å². The average Bonchev–Trinajstić information content (AvgIpc) is 2.68. The van der Waals surface area contributed by atoms with Crippen molar-refractivity contribution in [1.82, 2.24) is 10.6 Å². The van der Waals surface area contributed by atoms with Crippen LogP contribution in [0.5, 0.6) is 17.2 Å². The first-order chi connectivity index (χ1) is 12.6. The van der Waals surface area contributed by atoms with Crippen molar-refractivity contribution in [2.24, 2.45) is 4.99 Å². The van der Waals surface area contributed by atoms with Crippen LogP contribution in [0, 0.1) is 5.82 Å². The summed E-state index contributed by atoms with van der Waals surface area (Å²) in [7, 11) is 6.46. The van der Waals surface area contributed by atoms with Gasteiger partial charge < -0.3 is 24.8 Å². The van der Waals surface area contributed by atoms with Gasteiger partial charge in [0, 0.05) is 31.8 Å². The van der Waals surface area contributed by atoms with Crippen LogP contribution in [-0.4, -0.2) is 34.3 Å². The highest BCUT2D eigenvalue weighted by molar-refractivity contribution is 14.0. The van der Waals surface area contributed by atoms with Crippen LogP contribution in [0.3, 0.4) is 0 Å². The Morgan fingerprint density at radius 1 is 0.889 bits per heavy atom. The fourth-order valence-electron chi connectivity index (χ4n) is 2.42. The van der Waals surface area contributed by atoms with E-state index in [0.717, 1.165) is 11.1 Å². The minimum Gasteiger partial charge on any atom is -0.496 e. The molecule has 0 radical (unpaired) electrons. The molecule has 148 valence electrons. The fraction of sp³-hybridized carbons (Fsp3) is 0.316. The normalized spacial score (nSPS) is 10.6.